The molecule has 1 saturated carbocycles. The molecule has 1 fully saturated rings. The van der Waals surface area contributed by atoms with Gasteiger partial charge in [-0.25, -0.2) is 15.0 Å². The Morgan fingerprint density at radius 1 is 1.18 bits per heavy atom. The van der Waals surface area contributed by atoms with Crippen molar-refractivity contribution in [2.24, 2.45) is 0 Å². The van der Waals surface area contributed by atoms with Crippen molar-refractivity contribution < 1.29 is 4.79 Å². The van der Waals surface area contributed by atoms with E-state index in [0.29, 0.717) is 18.0 Å². The van der Waals surface area contributed by atoms with Gasteiger partial charge in [0.2, 0.25) is 0 Å². The number of aromatic nitrogens is 3. The van der Waals surface area contributed by atoms with Crippen LogP contribution in [-0.2, 0) is 0 Å². The Labute approximate surface area is 165 Å². The molecule has 0 aliphatic heterocycles. The third-order valence-electron chi connectivity index (χ3n) is 5.33. The lowest BCUT2D eigenvalue weighted by Crippen LogP contribution is -2.36. The van der Waals surface area contributed by atoms with Crippen LogP contribution in [0, 0.1) is 6.92 Å². The Bertz CT molecular complexity index is 1020. The van der Waals surface area contributed by atoms with Gasteiger partial charge < -0.3 is 4.90 Å². The molecule has 28 heavy (non-hydrogen) atoms. The molecule has 0 radical (unpaired) electrons. The monoisotopic (exact) mass is 374 g/mol. The first kappa shape index (κ1) is 18.5. The van der Waals surface area contributed by atoms with Crippen LogP contribution in [-0.4, -0.2) is 38.3 Å². The van der Waals surface area contributed by atoms with E-state index in [4.69, 9.17) is 4.98 Å². The molecule has 144 valence electrons. The van der Waals surface area contributed by atoms with Crippen LogP contribution in [0.15, 0.2) is 36.7 Å². The van der Waals surface area contributed by atoms with E-state index in [-0.39, 0.29) is 11.9 Å². The molecule has 0 saturated heterocycles. The lowest BCUT2D eigenvalue weighted by Gasteiger charge is -2.26. The molecule has 1 aliphatic carbocycles. The quantitative estimate of drug-likeness (QED) is 0.647. The molecule has 1 amide bonds. The van der Waals surface area contributed by atoms with Crippen molar-refractivity contribution in [3.8, 4) is 11.3 Å². The van der Waals surface area contributed by atoms with Gasteiger partial charge >= 0.3 is 0 Å². The summed E-state index contributed by atoms with van der Waals surface area (Å²) >= 11 is 0. The van der Waals surface area contributed by atoms with Crippen LogP contribution in [0.4, 0.5) is 0 Å². The van der Waals surface area contributed by atoms with E-state index in [1.807, 2.05) is 69.3 Å². The summed E-state index contributed by atoms with van der Waals surface area (Å²) in [4.78, 5) is 29.1. The lowest BCUT2D eigenvalue weighted by atomic mass is 10.0. The summed E-state index contributed by atoms with van der Waals surface area (Å²) in [5, 5.41) is 0.892. The summed E-state index contributed by atoms with van der Waals surface area (Å²) in [6.45, 7) is 8.80. The average molecular weight is 374 g/mol. The second-order valence-electron chi connectivity index (χ2n) is 7.86. The Balaban J connectivity index is 1.84. The fraction of sp³-hybridized carbons (Fsp3) is 0.391. The van der Waals surface area contributed by atoms with Crippen molar-refractivity contribution >= 4 is 16.8 Å². The van der Waals surface area contributed by atoms with Crippen molar-refractivity contribution in [2.45, 2.75) is 52.5 Å². The van der Waals surface area contributed by atoms with Crippen molar-refractivity contribution in [1.29, 1.82) is 0 Å². The average Bonchev–Trinajstić information content (AvgIpc) is 3.53. The maximum atomic E-state index is 13.3. The normalized spacial score (nSPS) is 13.9. The Morgan fingerprint density at radius 2 is 1.89 bits per heavy atom. The predicted molar refractivity (Wildman–Crippen MR) is 111 cm³/mol. The summed E-state index contributed by atoms with van der Waals surface area (Å²) in [7, 11) is 0. The number of rotatable bonds is 5. The minimum absolute atomic E-state index is 0.0345. The first-order valence-electron chi connectivity index (χ1n) is 10.0. The molecule has 3 aromatic rings. The minimum atomic E-state index is 0.0345. The molecule has 2 aromatic heterocycles. The topological polar surface area (TPSA) is 59.0 Å². The zero-order chi connectivity index (χ0) is 19.8. The van der Waals surface area contributed by atoms with Crippen molar-refractivity contribution in [3.05, 3.63) is 53.6 Å². The third kappa shape index (κ3) is 3.49. The fourth-order valence-corrected chi connectivity index (χ4v) is 3.59. The Hall–Kier alpha value is -2.82. The Morgan fingerprint density at radius 3 is 2.50 bits per heavy atom. The van der Waals surface area contributed by atoms with Crippen molar-refractivity contribution in [2.75, 3.05) is 6.54 Å². The summed E-state index contributed by atoms with van der Waals surface area (Å²) in [5.41, 5.74) is 4.19. The summed E-state index contributed by atoms with van der Waals surface area (Å²) in [6, 6.07) is 8.08. The van der Waals surface area contributed by atoms with E-state index in [2.05, 4.69) is 9.97 Å². The van der Waals surface area contributed by atoms with Crippen LogP contribution in [0.25, 0.3) is 22.2 Å². The van der Waals surface area contributed by atoms with Gasteiger partial charge in [-0.05, 0) is 58.7 Å². The van der Waals surface area contributed by atoms with E-state index in [1.165, 1.54) is 12.8 Å². The number of aryl methyl sites for hydroxylation is 1. The van der Waals surface area contributed by atoms with Crippen LogP contribution in [0.5, 0.6) is 0 Å². The maximum absolute atomic E-state index is 13.3. The first-order chi connectivity index (χ1) is 13.5. The molecule has 0 bridgehead atoms. The van der Waals surface area contributed by atoms with Gasteiger partial charge in [0.25, 0.3) is 5.91 Å². The van der Waals surface area contributed by atoms with E-state index >= 15 is 0 Å². The highest BCUT2D eigenvalue weighted by molar-refractivity contribution is 6.07. The number of nitrogens with zero attached hydrogens (tertiary/aromatic N) is 4. The van der Waals surface area contributed by atoms with Crippen LogP contribution in [0.1, 0.15) is 61.3 Å². The van der Waals surface area contributed by atoms with Crippen molar-refractivity contribution in [1.82, 2.24) is 19.9 Å². The fourth-order valence-electron chi connectivity index (χ4n) is 3.59. The molecule has 1 aliphatic rings. The summed E-state index contributed by atoms with van der Waals surface area (Å²) in [6.07, 6.45) is 6.01. The summed E-state index contributed by atoms with van der Waals surface area (Å²) < 4.78 is 0. The number of fused-ring (bicyclic) bond motifs is 1. The maximum Gasteiger partial charge on any atom is 0.254 e. The van der Waals surface area contributed by atoms with E-state index in [0.717, 1.165) is 33.5 Å². The molecule has 4 rings (SSSR count). The highest BCUT2D eigenvalue weighted by Gasteiger charge is 2.26. The largest absolute Gasteiger partial charge is 0.336 e. The number of carbonyl (C=O) groups excluding carboxylic acids is 1. The van der Waals surface area contributed by atoms with E-state index < -0.39 is 0 Å². The molecule has 0 unspecified atom stereocenters. The van der Waals surface area contributed by atoms with Gasteiger partial charge in [0, 0.05) is 41.8 Å². The van der Waals surface area contributed by atoms with Gasteiger partial charge in [0.1, 0.15) is 5.82 Å². The number of benzene rings is 1. The van der Waals surface area contributed by atoms with Gasteiger partial charge in [-0.3, -0.25) is 4.79 Å². The van der Waals surface area contributed by atoms with Crippen LogP contribution in [0.2, 0.25) is 0 Å². The predicted octanol–water partition coefficient (Wildman–Crippen LogP) is 4.75. The number of hydrogen-bond acceptors (Lipinski definition) is 4. The summed E-state index contributed by atoms with van der Waals surface area (Å²) in [5.74, 6) is 1.46. The lowest BCUT2D eigenvalue weighted by molar-refractivity contribution is 0.0719. The number of hydrogen-bond donors (Lipinski definition) is 0. The van der Waals surface area contributed by atoms with Gasteiger partial charge in [0.05, 0.1) is 16.8 Å². The zero-order valence-corrected chi connectivity index (χ0v) is 16.9. The van der Waals surface area contributed by atoms with E-state index in [9.17, 15) is 4.79 Å². The van der Waals surface area contributed by atoms with Gasteiger partial charge in [0.15, 0.2) is 0 Å². The molecule has 2 heterocycles. The molecule has 0 N–H and O–H groups in total. The molecule has 0 spiro atoms. The number of amides is 1. The molecular weight excluding hydrogens is 348 g/mol. The molecular formula is C23H26N4O. The van der Waals surface area contributed by atoms with Gasteiger partial charge in [-0.2, -0.15) is 0 Å². The van der Waals surface area contributed by atoms with E-state index in [1.54, 1.807) is 0 Å². The first-order valence-corrected chi connectivity index (χ1v) is 10.0. The third-order valence-corrected chi connectivity index (χ3v) is 5.33. The molecule has 5 nitrogen and oxygen atoms in total. The van der Waals surface area contributed by atoms with Crippen molar-refractivity contribution in [3.63, 3.8) is 0 Å². The second-order valence-corrected chi connectivity index (χ2v) is 7.86. The second kappa shape index (κ2) is 7.30. The minimum Gasteiger partial charge on any atom is -0.336 e. The zero-order valence-electron chi connectivity index (χ0n) is 16.9. The molecule has 1 aromatic carbocycles. The molecule has 5 heteroatoms. The SMILES string of the molecule is CCN(C(=O)c1cc(-c2cnc(C3CC3)nc2)nc2ccc(C)cc12)C(C)C. The Kier molecular flexibility index (Phi) is 4.84. The number of pyridine rings is 1. The van der Waals surface area contributed by atoms with Crippen LogP contribution >= 0.6 is 0 Å². The van der Waals surface area contributed by atoms with Crippen LogP contribution in [0.3, 0.4) is 0 Å². The number of carbonyl (C=O) groups is 1. The standard InChI is InChI=1S/C23H26N4O/c1-5-27(14(2)3)23(28)19-11-21(26-20-9-6-15(4)10-18(19)20)17-12-24-22(25-13-17)16-7-8-16/h6,9-14,16H,5,7-8H2,1-4H3. The smallest absolute Gasteiger partial charge is 0.254 e. The van der Waals surface area contributed by atoms with Gasteiger partial charge in [-0.15, -0.1) is 0 Å². The molecule has 0 atom stereocenters. The van der Waals surface area contributed by atoms with Gasteiger partial charge in [-0.1, -0.05) is 11.6 Å². The highest BCUT2D eigenvalue weighted by atomic mass is 16.2. The highest BCUT2D eigenvalue weighted by Crippen LogP contribution is 2.38. The van der Waals surface area contributed by atoms with Crippen LogP contribution < -0.4 is 0 Å².